The van der Waals surface area contributed by atoms with E-state index in [4.69, 9.17) is 4.52 Å². The summed E-state index contributed by atoms with van der Waals surface area (Å²) in [6, 6.07) is 7.53. The number of carbonyl (C=O) groups is 1. The number of sulfonamides is 1. The maximum absolute atomic E-state index is 12.3. The van der Waals surface area contributed by atoms with Crippen LogP contribution < -0.4 is 10.0 Å². The molecule has 1 saturated carbocycles. The summed E-state index contributed by atoms with van der Waals surface area (Å²) in [7, 11) is -3.76. The van der Waals surface area contributed by atoms with Gasteiger partial charge in [-0.3, -0.25) is 9.52 Å². The average molecular weight is 410 g/mol. The molecule has 1 aromatic heterocycles. The lowest BCUT2D eigenvalue weighted by Gasteiger charge is -2.20. The Balaban J connectivity index is 1.53. The molecule has 2 N–H and O–H groups in total. The zero-order valence-electron chi connectivity index (χ0n) is 15.1. The maximum atomic E-state index is 12.3. The highest BCUT2D eigenvalue weighted by Gasteiger charge is 2.17. The summed E-state index contributed by atoms with van der Waals surface area (Å²) in [5.74, 6) is 0.983. The molecule has 9 heteroatoms. The number of hydrogen-bond donors (Lipinski definition) is 2. The monoisotopic (exact) mass is 409 g/mol. The van der Waals surface area contributed by atoms with Gasteiger partial charge in [-0.05, 0) is 44.0 Å². The van der Waals surface area contributed by atoms with Gasteiger partial charge in [0.1, 0.15) is 5.76 Å². The van der Waals surface area contributed by atoms with Crippen LogP contribution in [-0.4, -0.2) is 30.5 Å². The molecule has 2 aromatic rings. The maximum Gasteiger partial charge on any atom is 0.263 e. The van der Waals surface area contributed by atoms with Crippen molar-refractivity contribution in [1.82, 2.24) is 5.16 Å². The van der Waals surface area contributed by atoms with Crippen LogP contribution in [-0.2, 0) is 14.8 Å². The fraction of sp³-hybridized carbons (Fsp3) is 0.444. The van der Waals surface area contributed by atoms with Crippen LogP contribution in [0, 0.1) is 6.92 Å². The Kier molecular flexibility index (Phi) is 6.43. The van der Waals surface area contributed by atoms with Crippen molar-refractivity contribution < 1.29 is 17.7 Å². The van der Waals surface area contributed by atoms with Gasteiger partial charge >= 0.3 is 0 Å². The molecule has 146 valence electrons. The number of rotatable bonds is 7. The molecule has 0 unspecified atom stereocenters. The van der Waals surface area contributed by atoms with Gasteiger partial charge in [0.2, 0.25) is 5.91 Å². The Labute approximate surface area is 163 Å². The van der Waals surface area contributed by atoms with E-state index in [1.807, 2.05) is 0 Å². The number of aryl methyl sites for hydroxylation is 1. The number of nitrogens with zero attached hydrogens (tertiary/aromatic N) is 1. The number of carbonyl (C=O) groups excluding carboxylic acids is 1. The molecule has 1 aliphatic carbocycles. The van der Waals surface area contributed by atoms with E-state index < -0.39 is 10.0 Å². The van der Waals surface area contributed by atoms with Crippen molar-refractivity contribution in [3.05, 3.63) is 36.1 Å². The molecular formula is C18H23N3O4S2. The predicted molar refractivity (Wildman–Crippen MR) is 106 cm³/mol. The summed E-state index contributed by atoms with van der Waals surface area (Å²) in [6.07, 6.45) is 6.16. The predicted octanol–water partition coefficient (Wildman–Crippen LogP) is 3.79. The molecule has 1 aliphatic rings. The summed E-state index contributed by atoms with van der Waals surface area (Å²) in [5.41, 5.74) is 0.570. The van der Waals surface area contributed by atoms with Crippen LogP contribution in [0.15, 0.2) is 39.8 Å². The van der Waals surface area contributed by atoms with E-state index in [9.17, 15) is 13.2 Å². The van der Waals surface area contributed by atoms with Crippen LogP contribution in [0.2, 0.25) is 0 Å². The van der Waals surface area contributed by atoms with Crippen molar-refractivity contribution in [2.45, 2.75) is 49.2 Å². The summed E-state index contributed by atoms with van der Waals surface area (Å²) in [6.45, 7) is 1.68. The second-order valence-corrected chi connectivity index (χ2v) is 9.54. The quantitative estimate of drug-likeness (QED) is 0.721. The van der Waals surface area contributed by atoms with E-state index in [0.29, 0.717) is 22.5 Å². The Morgan fingerprint density at radius 2 is 1.93 bits per heavy atom. The van der Waals surface area contributed by atoms with Crippen molar-refractivity contribution in [1.29, 1.82) is 0 Å². The minimum absolute atomic E-state index is 0.0719. The molecule has 1 fully saturated rings. The van der Waals surface area contributed by atoms with Crippen LogP contribution in [0.25, 0.3) is 0 Å². The number of anilines is 2. The summed E-state index contributed by atoms with van der Waals surface area (Å²) >= 11 is 1.70. The summed E-state index contributed by atoms with van der Waals surface area (Å²) < 4.78 is 31.9. The van der Waals surface area contributed by atoms with Crippen LogP contribution in [0.5, 0.6) is 0 Å². The van der Waals surface area contributed by atoms with E-state index in [-0.39, 0.29) is 16.6 Å². The highest BCUT2D eigenvalue weighted by atomic mass is 32.2. The van der Waals surface area contributed by atoms with E-state index in [1.165, 1.54) is 50.3 Å². The van der Waals surface area contributed by atoms with Gasteiger partial charge in [-0.2, -0.15) is 0 Å². The first-order valence-electron chi connectivity index (χ1n) is 8.90. The minimum Gasteiger partial charge on any atom is -0.360 e. The summed E-state index contributed by atoms with van der Waals surface area (Å²) in [5, 5.41) is 7.00. The number of aromatic nitrogens is 1. The lowest BCUT2D eigenvalue weighted by molar-refractivity contribution is -0.113. The van der Waals surface area contributed by atoms with Gasteiger partial charge in [-0.15, -0.1) is 11.8 Å². The Morgan fingerprint density at radius 3 is 2.56 bits per heavy atom. The van der Waals surface area contributed by atoms with Crippen LogP contribution in [0.1, 0.15) is 37.9 Å². The summed E-state index contributed by atoms with van der Waals surface area (Å²) in [4.78, 5) is 12.2. The van der Waals surface area contributed by atoms with Gasteiger partial charge in [-0.1, -0.05) is 24.4 Å². The zero-order chi connectivity index (χ0) is 19.3. The molecule has 0 saturated heterocycles. The highest BCUT2D eigenvalue weighted by molar-refractivity contribution is 8.00. The zero-order valence-corrected chi connectivity index (χ0v) is 16.7. The first-order valence-corrected chi connectivity index (χ1v) is 11.4. The first-order chi connectivity index (χ1) is 12.9. The van der Waals surface area contributed by atoms with Crippen LogP contribution >= 0.6 is 11.8 Å². The number of hydrogen-bond acceptors (Lipinski definition) is 6. The normalized spacial score (nSPS) is 15.4. The van der Waals surface area contributed by atoms with E-state index >= 15 is 0 Å². The second kappa shape index (κ2) is 8.79. The molecule has 0 radical (unpaired) electrons. The second-order valence-electron chi connectivity index (χ2n) is 6.57. The fourth-order valence-electron chi connectivity index (χ4n) is 2.95. The van der Waals surface area contributed by atoms with Crippen molar-refractivity contribution >= 4 is 39.2 Å². The minimum atomic E-state index is -3.76. The van der Waals surface area contributed by atoms with E-state index in [0.717, 1.165) is 0 Å². The van der Waals surface area contributed by atoms with Gasteiger partial charge in [0.05, 0.1) is 10.6 Å². The Morgan fingerprint density at radius 1 is 1.22 bits per heavy atom. The molecule has 0 bridgehead atoms. The number of thioether (sulfide) groups is 1. The lowest BCUT2D eigenvalue weighted by atomic mass is 10.0. The number of amides is 1. The molecule has 0 atom stereocenters. The molecule has 3 rings (SSSR count). The molecule has 0 aliphatic heterocycles. The molecule has 27 heavy (non-hydrogen) atoms. The van der Waals surface area contributed by atoms with Crippen molar-refractivity contribution in [2.75, 3.05) is 15.8 Å². The molecular weight excluding hydrogens is 386 g/mol. The standard InChI is InChI=1S/C18H23N3O4S2/c1-13-11-17(20-25-13)21-27(23,24)16-9-7-14(8-10-16)19-18(22)12-26-15-5-3-2-4-6-15/h7-11,15H,2-6,12H2,1H3,(H,19,22)(H,20,21). The Bertz CT molecular complexity index is 872. The Hall–Kier alpha value is -2.00. The SMILES string of the molecule is Cc1cc(NS(=O)(=O)c2ccc(NC(=O)CSC3CCCCC3)cc2)no1. The molecule has 7 nitrogen and oxygen atoms in total. The van der Waals surface area contributed by atoms with Crippen molar-refractivity contribution in [3.63, 3.8) is 0 Å². The third-order valence-corrected chi connectivity index (χ3v) is 7.06. The third kappa shape index (κ3) is 5.74. The van der Waals surface area contributed by atoms with Crippen molar-refractivity contribution in [3.8, 4) is 0 Å². The highest BCUT2D eigenvalue weighted by Crippen LogP contribution is 2.28. The third-order valence-electron chi connectivity index (χ3n) is 4.32. The smallest absolute Gasteiger partial charge is 0.263 e. The van der Waals surface area contributed by atoms with Gasteiger partial charge in [0.25, 0.3) is 10.0 Å². The number of benzene rings is 1. The molecule has 1 amide bonds. The van der Waals surface area contributed by atoms with Gasteiger partial charge < -0.3 is 9.84 Å². The topological polar surface area (TPSA) is 101 Å². The van der Waals surface area contributed by atoms with E-state index in [1.54, 1.807) is 30.8 Å². The number of nitrogens with one attached hydrogen (secondary N) is 2. The molecule has 0 spiro atoms. The van der Waals surface area contributed by atoms with Gasteiger partial charge in [0.15, 0.2) is 5.82 Å². The van der Waals surface area contributed by atoms with E-state index in [2.05, 4.69) is 15.2 Å². The lowest BCUT2D eigenvalue weighted by Crippen LogP contribution is -2.18. The van der Waals surface area contributed by atoms with Gasteiger partial charge in [0, 0.05) is 17.0 Å². The van der Waals surface area contributed by atoms with Crippen LogP contribution in [0.4, 0.5) is 11.5 Å². The molecule has 1 heterocycles. The van der Waals surface area contributed by atoms with Crippen molar-refractivity contribution in [2.24, 2.45) is 0 Å². The fourth-order valence-corrected chi connectivity index (χ4v) is 5.06. The largest absolute Gasteiger partial charge is 0.360 e. The molecule has 1 aromatic carbocycles. The van der Waals surface area contributed by atoms with Gasteiger partial charge in [-0.25, -0.2) is 8.42 Å². The van der Waals surface area contributed by atoms with Crippen LogP contribution in [0.3, 0.4) is 0 Å². The average Bonchev–Trinajstić information content (AvgIpc) is 3.05. The first kappa shape index (κ1) is 19.8.